The highest BCUT2D eigenvalue weighted by atomic mass is 35.5. The molecule has 21 heavy (non-hydrogen) atoms. The topological polar surface area (TPSA) is 53.2 Å². The van der Waals surface area contributed by atoms with Crippen LogP contribution in [0.1, 0.15) is 6.42 Å². The third kappa shape index (κ3) is 3.08. The predicted octanol–water partition coefficient (Wildman–Crippen LogP) is 2.24. The average molecular weight is 307 g/mol. The van der Waals surface area contributed by atoms with Crippen molar-refractivity contribution < 1.29 is 4.74 Å². The van der Waals surface area contributed by atoms with Crippen LogP contribution in [0.3, 0.4) is 0 Å². The van der Waals surface area contributed by atoms with Crippen LogP contribution in [0, 0.1) is 0 Å². The molecular formula is C15H15ClN2O3. The number of benzene rings is 1. The molecule has 1 aromatic heterocycles. The lowest BCUT2D eigenvalue weighted by Crippen LogP contribution is -2.39. The number of hydrogen-bond acceptors (Lipinski definition) is 3. The number of halogens is 1. The zero-order valence-corrected chi connectivity index (χ0v) is 12.3. The summed E-state index contributed by atoms with van der Waals surface area (Å²) in [4.78, 5) is 24.2. The van der Waals surface area contributed by atoms with E-state index in [2.05, 4.69) is 6.58 Å². The molecule has 0 radical (unpaired) electrons. The maximum atomic E-state index is 12.1. The van der Waals surface area contributed by atoms with Crippen molar-refractivity contribution in [3.63, 3.8) is 0 Å². The van der Waals surface area contributed by atoms with E-state index in [1.54, 1.807) is 36.7 Å². The number of aromatic nitrogens is 2. The Labute approximate surface area is 126 Å². The van der Waals surface area contributed by atoms with Gasteiger partial charge in [0.05, 0.1) is 17.8 Å². The van der Waals surface area contributed by atoms with Crippen LogP contribution in [0.25, 0.3) is 5.69 Å². The summed E-state index contributed by atoms with van der Waals surface area (Å²) >= 11 is 6.04. The van der Waals surface area contributed by atoms with Gasteiger partial charge in [0, 0.05) is 18.9 Å². The van der Waals surface area contributed by atoms with Crippen molar-refractivity contribution in [2.24, 2.45) is 0 Å². The number of rotatable bonds is 5. The summed E-state index contributed by atoms with van der Waals surface area (Å²) in [5.41, 5.74) is -0.687. The van der Waals surface area contributed by atoms with Crippen LogP contribution in [0.15, 0.2) is 52.8 Å². The van der Waals surface area contributed by atoms with E-state index in [0.717, 1.165) is 0 Å². The molecule has 0 N–H and O–H groups in total. The lowest BCUT2D eigenvalue weighted by molar-refractivity contribution is 0.415. The Morgan fingerprint density at radius 2 is 2.05 bits per heavy atom. The number of hydrogen-bond donors (Lipinski definition) is 0. The quantitative estimate of drug-likeness (QED) is 0.629. The zero-order valence-electron chi connectivity index (χ0n) is 11.6. The van der Waals surface area contributed by atoms with E-state index in [0.29, 0.717) is 29.4 Å². The lowest BCUT2D eigenvalue weighted by Gasteiger charge is -2.10. The molecule has 0 spiro atoms. The van der Waals surface area contributed by atoms with Gasteiger partial charge >= 0.3 is 11.1 Å². The molecule has 0 bridgehead atoms. The lowest BCUT2D eigenvalue weighted by atomic mass is 10.3. The first kappa shape index (κ1) is 15.1. The van der Waals surface area contributed by atoms with Crippen molar-refractivity contribution in [2.75, 3.05) is 7.11 Å². The number of aryl methyl sites for hydroxylation is 1. The molecule has 0 fully saturated rings. The van der Waals surface area contributed by atoms with Crippen LogP contribution in [-0.2, 0) is 6.54 Å². The van der Waals surface area contributed by atoms with Crippen LogP contribution >= 0.6 is 11.6 Å². The number of ether oxygens (including phenoxy) is 1. The minimum absolute atomic E-state index is 0.373. The highest BCUT2D eigenvalue weighted by Crippen LogP contribution is 2.25. The van der Waals surface area contributed by atoms with Gasteiger partial charge in [-0.2, -0.15) is 0 Å². The van der Waals surface area contributed by atoms with Crippen molar-refractivity contribution in [1.29, 1.82) is 0 Å². The minimum atomic E-state index is -0.622. The third-order valence-electron chi connectivity index (χ3n) is 3.05. The standard InChI is InChI=1S/C15H15ClN2O3/c1-3-4-7-17-8-9-18(15(20)14(17)19)11-5-6-13(21-2)12(16)10-11/h3,5-6,8-10H,1,4,7H2,2H3. The molecule has 5 nitrogen and oxygen atoms in total. The molecule has 0 aliphatic carbocycles. The second kappa shape index (κ2) is 6.45. The first-order chi connectivity index (χ1) is 10.1. The monoisotopic (exact) mass is 306 g/mol. The van der Waals surface area contributed by atoms with Gasteiger partial charge in [-0.25, -0.2) is 0 Å². The summed E-state index contributed by atoms with van der Waals surface area (Å²) in [6.07, 6.45) is 5.44. The van der Waals surface area contributed by atoms with E-state index in [9.17, 15) is 9.59 Å². The van der Waals surface area contributed by atoms with E-state index < -0.39 is 11.1 Å². The Kier molecular flexibility index (Phi) is 4.65. The minimum Gasteiger partial charge on any atom is -0.495 e. The van der Waals surface area contributed by atoms with Crippen molar-refractivity contribution in [1.82, 2.24) is 9.13 Å². The maximum Gasteiger partial charge on any atom is 0.320 e. The summed E-state index contributed by atoms with van der Waals surface area (Å²) in [7, 11) is 1.51. The van der Waals surface area contributed by atoms with Gasteiger partial charge in [-0.05, 0) is 24.6 Å². The van der Waals surface area contributed by atoms with Gasteiger partial charge in [0.1, 0.15) is 5.75 Å². The molecule has 2 aromatic rings. The summed E-state index contributed by atoms with van der Waals surface area (Å²) in [5, 5.41) is 0.373. The van der Waals surface area contributed by atoms with Crippen LogP contribution < -0.4 is 15.9 Å². The van der Waals surface area contributed by atoms with Crippen molar-refractivity contribution >= 4 is 11.6 Å². The molecule has 110 valence electrons. The third-order valence-corrected chi connectivity index (χ3v) is 3.34. The Morgan fingerprint density at radius 3 is 2.67 bits per heavy atom. The second-order valence-electron chi connectivity index (χ2n) is 4.37. The average Bonchev–Trinajstić information content (AvgIpc) is 2.49. The van der Waals surface area contributed by atoms with E-state index in [1.807, 2.05) is 0 Å². The molecular weight excluding hydrogens is 292 g/mol. The van der Waals surface area contributed by atoms with Crippen LogP contribution in [-0.4, -0.2) is 16.2 Å². The number of allylic oxidation sites excluding steroid dienone is 1. The Balaban J connectivity index is 2.48. The fraction of sp³-hybridized carbons (Fsp3) is 0.200. The van der Waals surface area contributed by atoms with E-state index in [1.165, 1.54) is 16.2 Å². The molecule has 0 saturated heterocycles. The van der Waals surface area contributed by atoms with Crippen molar-refractivity contribution in [3.8, 4) is 11.4 Å². The first-order valence-corrected chi connectivity index (χ1v) is 6.73. The molecule has 0 saturated carbocycles. The fourth-order valence-corrected chi connectivity index (χ4v) is 2.18. The SMILES string of the molecule is C=CCCn1ccn(-c2ccc(OC)c(Cl)c2)c(=O)c1=O. The first-order valence-electron chi connectivity index (χ1n) is 6.35. The molecule has 0 aliphatic heterocycles. The zero-order chi connectivity index (χ0) is 15.4. The van der Waals surface area contributed by atoms with Gasteiger partial charge in [0.15, 0.2) is 0 Å². The Hall–Kier alpha value is -2.27. The molecule has 0 amide bonds. The van der Waals surface area contributed by atoms with Crippen molar-refractivity contribution in [2.45, 2.75) is 13.0 Å². The number of methoxy groups -OCH3 is 1. The smallest absolute Gasteiger partial charge is 0.320 e. The number of nitrogens with zero attached hydrogens (tertiary/aromatic N) is 2. The van der Waals surface area contributed by atoms with Crippen LogP contribution in [0.2, 0.25) is 5.02 Å². The van der Waals surface area contributed by atoms with E-state index in [-0.39, 0.29) is 0 Å². The van der Waals surface area contributed by atoms with E-state index >= 15 is 0 Å². The molecule has 0 atom stereocenters. The van der Waals surface area contributed by atoms with Gasteiger partial charge in [0.25, 0.3) is 0 Å². The predicted molar refractivity (Wildman–Crippen MR) is 82.7 cm³/mol. The Bertz CT molecular complexity index is 777. The van der Waals surface area contributed by atoms with Crippen LogP contribution in [0.5, 0.6) is 5.75 Å². The molecule has 1 heterocycles. The van der Waals surface area contributed by atoms with Gasteiger partial charge in [-0.1, -0.05) is 17.7 Å². The molecule has 0 unspecified atom stereocenters. The maximum absolute atomic E-state index is 12.1. The summed E-state index contributed by atoms with van der Waals surface area (Å²) in [6, 6.07) is 4.89. The van der Waals surface area contributed by atoms with Crippen LogP contribution in [0.4, 0.5) is 0 Å². The summed E-state index contributed by atoms with van der Waals surface area (Å²) in [6.45, 7) is 4.03. The van der Waals surface area contributed by atoms with Gasteiger partial charge in [0.2, 0.25) is 0 Å². The summed E-state index contributed by atoms with van der Waals surface area (Å²) in [5.74, 6) is 0.507. The van der Waals surface area contributed by atoms with Crippen molar-refractivity contribution in [3.05, 3.63) is 69.0 Å². The highest BCUT2D eigenvalue weighted by molar-refractivity contribution is 6.32. The normalized spacial score (nSPS) is 10.4. The molecule has 1 aromatic carbocycles. The largest absolute Gasteiger partial charge is 0.495 e. The van der Waals surface area contributed by atoms with Gasteiger partial charge in [-0.15, -0.1) is 6.58 Å². The highest BCUT2D eigenvalue weighted by Gasteiger charge is 2.08. The fourth-order valence-electron chi connectivity index (χ4n) is 1.92. The molecule has 6 heteroatoms. The summed E-state index contributed by atoms with van der Waals surface area (Å²) < 4.78 is 7.69. The van der Waals surface area contributed by atoms with Gasteiger partial charge in [-0.3, -0.25) is 14.2 Å². The van der Waals surface area contributed by atoms with E-state index in [4.69, 9.17) is 16.3 Å². The molecule has 2 rings (SSSR count). The second-order valence-corrected chi connectivity index (χ2v) is 4.78. The van der Waals surface area contributed by atoms with Gasteiger partial charge < -0.3 is 9.30 Å². The molecule has 0 aliphatic rings. The Morgan fingerprint density at radius 1 is 1.29 bits per heavy atom.